The van der Waals surface area contributed by atoms with E-state index in [0.717, 1.165) is 5.56 Å². The maximum Gasteiger partial charge on any atom is 0.261 e. The summed E-state index contributed by atoms with van der Waals surface area (Å²) in [5.74, 6) is 0.871. The summed E-state index contributed by atoms with van der Waals surface area (Å²) in [6.45, 7) is 1.99. The molecule has 10 heteroatoms. The van der Waals surface area contributed by atoms with Crippen molar-refractivity contribution in [2.45, 2.75) is 29.1 Å². The fourth-order valence-electron chi connectivity index (χ4n) is 4.77. The van der Waals surface area contributed by atoms with E-state index < -0.39 is 21.2 Å². The Kier molecular flexibility index (Phi) is 3.89. The van der Waals surface area contributed by atoms with Crippen LogP contribution in [0.1, 0.15) is 24.9 Å². The maximum atomic E-state index is 13.7. The number of hydrogen-bond acceptors (Lipinski definition) is 8. The van der Waals surface area contributed by atoms with Gasteiger partial charge in [0.05, 0.1) is 18.7 Å². The van der Waals surface area contributed by atoms with E-state index in [0.29, 0.717) is 11.5 Å². The van der Waals surface area contributed by atoms with Crippen molar-refractivity contribution >= 4 is 33.4 Å². The number of amides is 2. The quantitative estimate of drug-likeness (QED) is 0.670. The minimum atomic E-state index is -1.14. The third kappa shape index (κ3) is 2.15. The Bertz CT molecular complexity index is 983. The number of piperazine rings is 1. The van der Waals surface area contributed by atoms with Crippen LogP contribution in [0.5, 0.6) is 11.5 Å². The van der Waals surface area contributed by atoms with Gasteiger partial charge in [0.1, 0.15) is 5.41 Å². The van der Waals surface area contributed by atoms with Crippen LogP contribution in [0.15, 0.2) is 18.2 Å². The van der Waals surface area contributed by atoms with Crippen LogP contribution in [0, 0.1) is 16.7 Å². The zero-order valence-corrected chi connectivity index (χ0v) is 17.8. The van der Waals surface area contributed by atoms with Gasteiger partial charge in [0.15, 0.2) is 21.2 Å². The van der Waals surface area contributed by atoms with Gasteiger partial charge in [-0.25, -0.2) is 0 Å². The standard InChI is InChI=1S/C19H19N3O5S2/c1-17-15(23)22-14(11-4-5-12-13(6-11)27-10-26-12)18(8-20,9-25-3)7-19(22,29-28-17)16(24)21(17)2/h4-6,14H,7,9-10H2,1-3H3. The zero-order valence-electron chi connectivity index (χ0n) is 16.1. The van der Waals surface area contributed by atoms with Crippen molar-refractivity contribution in [3.63, 3.8) is 0 Å². The second-order valence-electron chi connectivity index (χ2n) is 7.87. The third-order valence-corrected chi connectivity index (χ3v) is 10.00. The number of fused-ring (bicyclic) bond motifs is 3. The average Bonchev–Trinajstić information content (AvgIpc) is 3.30. The summed E-state index contributed by atoms with van der Waals surface area (Å²) < 4.78 is 16.4. The van der Waals surface area contributed by atoms with Crippen LogP contribution in [0.3, 0.4) is 0 Å². The maximum absolute atomic E-state index is 13.7. The Hall–Kier alpha value is -2.09. The lowest BCUT2D eigenvalue weighted by atomic mass is 9.78. The zero-order chi connectivity index (χ0) is 20.6. The Morgan fingerprint density at radius 1 is 1.28 bits per heavy atom. The molecule has 0 radical (unpaired) electrons. The fourth-order valence-corrected chi connectivity index (χ4v) is 8.31. The highest BCUT2D eigenvalue weighted by Crippen LogP contribution is 2.69. The normalized spacial score (nSPS) is 37.1. The molecule has 1 aromatic rings. The fraction of sp³-hybridized carbons (Fsp3) is 0.526. The van der Waals surface area contributed by atoms with E-state index in [-0.39, 0.29) is 31.6 Å². The summed E-state index contributed by atoms with van der Waals surface area (Å²) in [7, 11) is 5.95. The molecular formula is C19H19N3O5S2. The second-order valence-corrected chi connectivity index (χ2v) is 10.7. The number of likely N-dealkylation sites (N-methyl/N-ethyl adjacent to an activating group) is 1. The van der Waals surface area contributed by atoms with Crippen molar-refractivity contribution in [2.75, 3.05) is 27.6 Å². The topological polar surface area (TPSA) is 92.1 Å². The number of carbonyl (C=O) groups is 2. The lowest BCUT2D eigenvalue weighted by molar-refractivity contribution is -0.164. The summed E-state index contributed by atoms with van der Waals surface area (Å²) in [4.78, 5) is 28.1. The first-order valence-electron chi connectivity index (χ1n) is 9.12. The van der Waals surface area contributed by atoms with Gasteiger partial charge in [-0.2, -0.15) is 5.26 Å². The third-order valence-electron chi connectivity index (χ3n) is 6.30. The van der Waals surface area contributed by atoms with Gasteiger partial charge in [-0.3, -0.25) is 9.59 Å². The molecule has 5 heterocycles. The second kappa shape index (κ2) is 5.97. The van der Waals surface area contributed by atoms with Crippen molar-refractivity contribution in [2.24, 2.45) is 5.41 Å². The molecule has 8 nitrogen and oxygen atoms in total. The molecule has 4 fully saturated rings. The summed E-state index contributed by atoms with van der Waals surface area (Å²) in [5.41, 5.74) is -0.340. The van der Waals surface area contributed by atoms with E-state index in [4.69, 9.17) is 14.2 Å². The van der Waals surface area contributed by atoms with Gasteiger partial charge in [-0.1, -0.05) is 27.7 Å². The Balaban J connectivity index is 1.72. The Labute approximate surface area is 175 Å². The summed E-state index contributed by atoms with van der Waals surface area (Å²) in [5, 5.41) is 10.3. The molecule has 152 valence electrons. The van der Waals surface area contributed by atoms with E-state index in [1.165, 1.54) is 33.6 Å². The Morgan fingerprint density at radius 2 is 2.03 bits per heavy atom. The molecule has 0 aliphatic carbocycles. The van der Waals surface area contributed by atoms with Gasteiger partial charge in [-0.15, -0.1) is 0 Å². The molecule has 6 rings (SSSR count). The number of carbonyl (C=O) groups excluding carboxylic acids is 2. The molecule has 0 N–H and O–H groups in total. The van der Waals surface area contributed by atoms with Gasteiger partial charge < -0.3 is 24.0 Å². The van der Waals surface area contributed by atoms with Gasteiger partial charge in [-0.05, 0) is 24.6 Å². The first-order chi connectivity index (χ1) is 13.8. The van der Waals surface area contributed by atoms with Crippen molar-refractivity contribution < 1.29 is 23.8 Å². The first-order valence-corrected chi connectivity index (χ1v) is 11.3. The van der Waals surface area contributed by atoms with E-state index in [2.05, 4.69) is 6.07 Å². The van der Waals surface area contributed by atoms with Crippen molar-refractivity contribution in [3.8, 4) is 17.6 Å². The molecule has 29 heavy (non-hydrogen) atoms. The van der Waals surface area contributed by atoms with Gasteiger partial charge in [0, 0.05) is 20.6 Å². The molecule has 4 saturated heterocycles. The minimum Gasteiger partial charge on any atom is -0.454 e. The van der Waals surface area contributed by atoms with Crippen LogP contribution in [0.2, 0.25) is 0 Å². The van der Waals surface area contributed by atoms with Gasteiger partial charge >= 0.3 is 0 Å². The van der Waals surface area contributed by atoms with Crippen LogP contribution in [0.25, 0.3) is 0 Å². The number of nitriles is 1. The minimum absolute atomic E-state index is 0.104. The predicted molar refractivity (Wildman–Crippen MR) is 106 cm³/mol. The smallest absolute Gasteiger partial charge is 0.261 e. The summed E-state index contributed by atoms with van der Waals surface area (Å²) in [6.07, 6.45) is 0.201. The molecule has 2 bridgehead atoms. The van der Waals surface area contributed by atoms with Gasteiger partial charge in [0.2, 0.25) is 6.79 Å². The van der Waals surface area contributed by atoms with Crippen LogP contribution in [-0.4, -0.2) is 58.9 Å². The number of benzene rings is 1. The lowest BCUT2D eigenvalue weighted by Crippen LogP contribution is -2.73. The number of hydrogen-bond donors (Lipinski definition) is 0. The molecule has 1 spiro atoms. The highest BCUT2D eigenvalue weighted by Gasteiger charge is 2.75. The molecule has 2 amide bonds. The SMILES string of the molecule is COCC1(C#N)CC23SSC(C)(C(=O)N2C1c1ccc2c(c1)OCO2)N(C)C3=O. The van der Waals surface area contributed by atoms with Crippen LogP contribution < -0.4 is 9.47 Å². The van der Waals surface area contributed by atoms with Crippen LogP contribution in [-0.2, 0) is 14.3 Å². The molecule has 0 saturated carbocycles. The Morgan fingerprint density at radius 3 is 2.76 bits per heavy atom. The van der Waals surface area contributed by atoms with E-state index in [1.807, 2.05) is 6.07 Å². The van der Waals surface area contributed by atoms with Crippen molar-refractivity contribution in [3.05, 3.63) is 23.8 Å². The number of ether oxygens (including phenoxy) is 3. The van der Waals surface area contributed by atoms with Gasteiger partial charge in [0.25, 0.3) is 11.8 Å². The summed E-state index contributed by atoms with van der Waals surface area (Å²) >= 11 is 0. The molecule has 4 unspecified atom stereocenters. The van der Waals surface area contributed by atoms with E-state index >= 15 is 0 Å². The molecule has 0 aromatic heterocycles. The van der Waals surface area contributed by atoms with Crippen molar-refractivity contribution in [1.29, 1.82) is 5.26 Å². The summed E-state index contributed by atoms with van der Waals surface area (Å²) in [6, 6.07) is 7.19. The van der Waals surface area contributed by atoms with E-state index in [9.17, 15) is 14.9 Å². The van der Waals surface area contributed by atoms with Crippen molar-refractivity contribution in [1.82, 2.24) is 9.80 Å². The first kappa shape index (κ1) is 18.9. The molecular weight excluding hydrogens is 414 g/mol. The molecule has 1 aromatic carbocycles. The molecule has 5 aliphatic rings. The molecule has 5 aliphatic heterocycles. The van der Waals surface area contributed by atoms with E-state index in [1.54, 1.807) is 31.0 Å². The largest absolute Gasteiger partial charge is 0.454 e. The average molecular weight is 434 g/mol. The van der Waals surface area contributed by atoms with Crippen LogP contribution >= 0.6 is 21.6 Å². The monoisotopic (exact) mass is 433 g/mol. The lowest BCUT2D eigenvalue weighted by Gasteiger charge is -2.57. The highest BCUT2D eigenvalue weighted by atomic mass is 33.1. The number of rotatable bonds is 3. The predicted octanol–water partition coefficient (Wildman–Crippen LogP) is 2.12. The highest BCUT2D eigenvalue weighted by molar-refractivity contribution is 8.78. The number of nitrogens with zero attached hydrogens (tertiary/aromatic N) is 3. The number of methoxy groups -OCH3 is 1. The molecule has 4 atom stereocenters. The van der Waals surface area contributed by atoms with Crippen LogP contribution in [0.4, 0.5) is 0 Å².